The Labute approximate surface area is 107 Å². The quantitative estimate of drug-likeness (QED) is 0.648. The summed E-state index contributed by atoms with van der Waals surface area (Å²) in [7, 11) is 0. The van der Waals surface area contributed by atoms with Crippen molar-refractivity contribution in [1.82, 2.24) is 0 Å². The lowest BCUT2D eigenvalue weighted by molar-refractivity contribution is -0.131. The molecule has 3 nitrogen and oxygen atoms in total. The molecule has 1 aromatic rings. The van der Waals surface area contributed by atoms with Crippen LogP contribution in [0.25, 0.3) is 6.08 Å². The zero-order valence-electron chi connectivity index (χ0n) is 9.03. The number of carboxylic acids is 1. The molecule has 0 fully saturated rings. The lowest BCUT2D eigenvalue weighted by Crippen LogP contribution is -2.00. The van der Waals surface area contributed by atoms with Gasteiger partial charge in [0.2, 0.25) is 0 Å². The smallest absolute Gasteiger partial charge is 0.328 e. The molecular formula is C12H12BrFO3. The van der Waals surface area contributed by atoms with Crippen LogP contribution < -0.4 is 4.74 Å². The van der Waals surface area contributed by atoms with Crippen molar-refractivity contribution < 1.29 is 19.0 Å². The molecule has 1 N–H and O–H groups in total. The van der Waals surface area contributed by atoms with Crippen molar-refractivity contribution in [1.29, 1.82) is 0 Å². The molecule has 0 atom stereocenters. The van der Waals surface area contributed by atoms with Crippen molar-refractivity contribution in [3.63, 3.8) is 0 Å². The molecule has 0 amide bonds. The summed E-state index contributed by atoms with van der Waals surface area (Å²) >= 11 is 3.31. The van der Waals surface area contributed by atoms with E-state index in [1.165, 1.54) is 6.08 Å². The van der Waals surface area contributed by atoms with Crippen molar-refractivity contribution >= 4 is 28.0 Å². The van der Waals surface area contributed by atoms with Crippen molar-refractivity contribution in [2.45, 2.75) is 6.42 Å². The number of halogens is 2. The minimum atomic E-state index is -1.03. The number of aliphatic carboxylic acids is 1. The molecule has 17 heavy (non-hydrogen) atoms. The second-order valence-electron chi connectivity index (χ2n) is 3.22. The number of carbonyl (C=O) groups is 1. The second kappa shape index (κ2) is 7.06. The van der Waals surface area contributed by atoms with E-state index in [4.69, 9.17) is 9.84 Å². The van der Waals surface area contributed by atoms with Crippen molar-refractivity contribution in [2.75, 3.05) is 13.3 Å². The van der Waals surface area contributed by atoms with E-state index < -0.39 is 12.6 Å². The van der Waals surface area contributed by atoms with Gasteiger partial charge in [-0.1, -0.05) is 12.1 Å². The molecule has 0 unspecified atom stereocenters. The molecule has 0 saturated carbocycles. The predicted molar refractivity (Wildman–Crippen MR) is 66.9 cm³/mol. The summed E-state index contributed by atoms with van der Waals surface area (Å²) in [5.41, 5.74) is 0.639. The minimum Gasteiger partial charge on any atom is -0.492 e. The molecule has 92 valence electrons. The number of hydrogen-bond donors (Lipinski definition) is 1. The maximum Gasteiger partial charge on any atom is 0.328 e. The molecule has 0 aliphatic rings. The van der Waals surface area contributed by atoms with E-state index in [1.807, 2.05) is 0 Å². The fourth-order valence-corrected chi connectivity index (χ4v) is 1.69. The summed E-state index contributed by atoms with van der Waals surface area (Å²) in [5, 5.41) is 8.56. The number of hydrogen-bond acceptors (Lipinski definition) is 2. The maximum absolute atomic E-state index is 12.0. The van der Waals surface area contributed by atoms with E-state index in [0.717, 1.165) is 6.08 Å². The fourth-order valence-electron chi connectivity index (χ4n) is 1.20. The molecule has 0 bridgehead atoms. The third-order valence-electron chi connectivity index (χ3n) is 1.93. The van der Waals surface area contributed by atoms with E-state index in [9.17, 15) is 9.18 Å². The Balaban J connectivity index is 2.87. The van der Waals surface area contributed by atoms with Crippen LogP contribution in [0.5, 0.6) is 5.75 Å². The van der Waals surface area contributed by atoms with Gasteiger partial charge in [-0.3, -0.25) is 4.39 Å². The van der Waals surface area contributed by atoms with E-state index in [2.05, 4.69) is 15.9 Å². The number of ether oxygens (including phenoxy) is 1. The average Bonchev–Trinajstić information content (AvgIpc) is 2.29. The third kappa shape index (κ3) is 4.56. The molecule has 0 aliphatic carbocycles. The monoisotopic (exact) mass is 302 g/mol. The van der Waals surface area contributed by atoms with E-state index >= 15 is 0 Å². The Morgan fingerprint density at radius 3 is 2.94 bits per heavy atom. The van der Waals surface area contributed by atoms with Crippen molar-refractivity contribution in [3.05, 3.63) is 34.3 Å². The molecule has 1 rings (SSSR count). The highest BCUT2D eigenvalue weighted by Gasteiger charge is 2.06. The highest BCUT2D eigenvalue weighted by molar-refractivity contribution is 9.10. The summed E-state index contributed by atoms with van der Waals surface area (Å²) in [6.45, 7) is -0.183. The van der Waals surface area contributed by atoms with E-state index in [-0.39, 0.29) is 6.61 Å². The molecule has 0 spiro atoms. The van der Waals surface area contributed by atoms with Gasteiger partial charge in [0.25, 0.3) is 0 Å². The zero-order chi connectivity index (χ0) is 12.7. The molecule has 0 heterocycles. The fraction of sp³-hybridized carbons (Fsp3) is 0.250. The largest absolute Gasteiger partial charge is 0.492 e. The maximum atomic E-state index is 12.0. The van der Waals surface area contributed by atoms with Gasteiger partial charge < -0.3 is 9.84 Å². The Hall–Kier alpha value is -1.36. The van der Waals surface area contributed by atoms with Gasteiger partial charge in [-0.15, -0.1) is 0 Å². The van der Waals surface area contributed by atoms with Gasteiger partial charge in [-0.2, -0.15) is 0 Å². The van der Waals surface area contributed by atoms with Gasteiger partial charge in [0.1, 0.15) is 5.75 Å². The SMILES string of the molecule is O=C(O)/C=C/c1cccc(Br)c1OCCCF. The molecule has 5 heteroatoms. The summed E-state index contributed by atoms with van der Waals surface area (Å²) in [6.07, 6.45) is 2.78. The third-order valence-corrected chi connectivity index (χ3v) is 2.55. The molecule has 0 aromatic heterocycles. The van der Waals surface area contributed by atoms with Crippen LogP contribution in [-0.2, 0) is 4.79 Å². The summed E-state index contributed by atoms with van der Waals surface area (Å²) in [6, 6.07) is 5.28. The number of carboxylic acid groups (broad SMARTS) is 1. The van der Waals surface area contributed by atoms with Crippen LogP contribution in [0.2, 0.25) is 0 Å². The summed E-state index contributed by atoms with van der Waals surface area (Å²) in [5.74, 6) is -0.502. The predicted octanol–water partition coefficient (Wildman–Crippen LogP) is 3.29. The molecule has 1 aromatic carbocycles. The van der Waals surface area contributed by atoms with Crippen LogP contribution in [-0.4, -0.2) is 24.4 Å². The molecule has 0 saturated heterocycles. The molecular weight excluding hydrogens is 291 g/mol. The first-order valence-electron chi connectivity index (χ1n) is 5.03. The van der Waals surface area contributed by atoms with E-state index in [1.54, 1.807) is 18.2 Å². The van der Waals surface area contributed by atoms with Crippen molar-refractivity contribution in [3.8, 4) is 5.75 Å². The number of rotatable bonds is 6. The highest BCUT2D eigenvalue weighted by Crippen LogP contribution is 2.30. The Kier molecular flexibility index (Phi) is 5.69. The first-order valence-corrected chi connectivity index (χ1v) is 5.82. The normalized spacial score (nSPS) is 10.7. The minimum absolute atomic E-state index is 0.257. The summed E-state index contributed by atoms with van der Waals surface area (Å²) in [4.78, 5) is 10.4. The van der Waals surface area contributed by atoms with Crippen molar-refractivity contribution in [2.24, 2.45) is 0 Å². The average molecular weight is 303 g/mol. The van der Waals surface area contributed by atoms with Gasteiger partial charge in [0.15, 0.2) is 0 Å². The number of benzene rings is 1. The lowest BCUT2D eigenvalue weighted by atomic mass is 10.2. The lowest BCUT2D eigenvalue weighted by Gasteiger charge is -2.10. The standard InChI is InChI=1S/C12H12BrFO3/c13-10-4-1-3-9(5-6-11(15)16)12(10)17-8-2-7-14/h1,3-6H,2,7-8H2,(H,15,16)/b6-5+. The first kappa shape index (κ1) is 13.7. The van der Waals surface area contributed by atoms with Crippen LogP contribution in [0, 0.1) is 0 Å². The Morgan fingerprint density at radius 1 is 1.53 bits per heavy atom. The Morgan fingerprint density at radius 2 is 2.29 bits per heavy atom. The zero-order valence-corrected chi connectivity index (χ0v) is 10.6. The Bertz CT molecular complexity index is 418. The van der Waals surface area contributed by atoms with Crippen LogP contribution in [0.15, 0.2) is 28.7 Å². The second-order valence-corrected chi connectivity index (χ2v) is 4.08. The van der Waals surface area contributed by atoms with Crippen LogP contribution >= 0.6 is 15.9 Å². The van der Waals surface area contributed by atoms with Gasteiger partial charge in [-0.25, -0.2) is 4.79 Å². The van der Waals surface area contributed by atoms with Crippen LogP contribution in [0.4, 0.5) is 4.39 Å². The van der Waals surface area contributed by atoms with Gasteiger partial charge >= 0.3 is 5.97 Å². The van der Waals surface area contributed by atoms with Crippen LogP contribution in [0.1, 0.15) is 12.0 Å². The number of alkyl halides is 1. The van der Waals surface area contributed by atoms with Crippen LogP contribution in [0.3, 0.4) is 0 Å². The van der Waals surface area contributed by atoms with E-state index in [0.29, 0.717) is 22.2 Å². The summed E-state index contributed by atoms with van der Waals surface area (Å²) < 4.78 is 18.1. The number of para-hydroxylation sites is 1. The highest BCUT2D eigenvalue weighted by atomic mass is 79.9. The topological polar surface area (TPSA) is 46.5 Å². The molecule has 0 aliphatic heterocycles. The van der Waals surface area contributed by atoms with Gasteiger partial charge in [0, 0.05) is 18.1 Å². The molecule has 0 radical (unpaired) electrons. The van der Waals surface area contributed by atoms with Gasteiger partial charge in [0.05, 0.1) is 17.8 Å². The first-order chi connectivity index (χ1) is 8.15. The van der Waals surface area contributed by atoms with Gasteiger partial charge in [-0.05, 0) is 28.1 Å².